The molecule has 3 heterocycles. The molecule has 1 fully saturated rings. The second kappa shape index (κ2) is 5.99. The Kier molecular flexibility index (Phi) is 3.68. The summed E-state index contributed by atoms with van der Waals surface area (Å²) >= 11 is 0. The SMILES string of the molecule is O=C(c1cccc(F)c1)N1CCC(c2[nH]nc3nccnc23)CC1. The number of H-pyrrole nitrogens is 1. The van der Waals surface area contributed by atoms with Gasteiger partial charge in [-0.2, -0.15) is 5.10 Å². The Hall–Kier alpha value is -2.83. The number of benzene rings is 1. The molecule has 0 atom stereocenters. The number of piperidine rings is 1. The first-order valence-electron chi connectivity index (χ1n) is 7.92. The van der Waals surface area contributed by atoms with Gasteiger partial charge in [0.15, 0.2) is 5.65 Å². The van der Waals surface area contributed by atoms with Crippen LogP contribution in [0.4, 0.5) is 4.39 Å². The summed E-state index contributed by atoms with van der Waals surface area (Å²) in [7, 11) is 0. The van der Waals surface area contributed by atoms with Gasteiger partial charge < -0.3 is 4.90 Å². The predicted molar refractivity (Wildman–Crippen MR) is 86.0 cm³/mol. The second-order valence-electron chi connectivity index (χ2n) is 5.94. The largest absolute Gasteiger partial charge is 0.339 e. The lowest BCUT2D eigenvalue weighted by molar-refractivity contribution is 0.0712. The maximum Gasteiger partial charge on any atom is 0.253 e. The zero-order valence-corrected chi connectivity index (χ0v) is 12.9. The first-order chi connectivity index (χ1) is 11.7. The highest BCUT2D eigenvalue weighted by atomic mass is 19.1. The summed E-state index contributed by atoms with van der Waals surface area (Å²) in [4.78, 5) is 22.8. The number of aromatic nitrogens is 4. The molecule has 1 amide bonds. The van der Waals surface area contributed by atoms with E-state index in [9.17, 15) is 9.18 Å². The fourth-order valence-corrected chi connectivity index (χ4v) is 3.23. The molecule has 0 bridgehead atoms. The van der Waals surface area contributed by atoms with Gasteiger partial charge in [0.1, 0.15) is 11.3 Å². The smallest absolute Gasteiger partial charge is 0.253 e. The number of carbonyl (C=O) groups is 1. The van der Waals surface area contributed by atoms with E-state index in [1.807, 2.05) is 0 Å². The van der Waals surface area contributed by atoms with Gasteiger partial charge >= 0.3 is 0 Å². The van der Waals surface area contributed by atoms with Gasteiger partial charge in [0.2, 0.25) is 0 Å². The molecule has 0 aliphatic carbocycles. The predicted octanol–water partition coefficient (Wildman–Crippen LogP) is 2.51. The number of hydrogen-bond acceptors (Lipinski definition) is 4. The number of carbonyl (C=O) groups excluding carboxylic acids is 1. The van der Waals surface area contributed by atoms with Gasteiger partial charge in [-0.25, -0.2) is 14.4 Å². The molecule has 0 radical (unpaired) electrons. The highest BCUT2D eigenvalue weighted by Crippen LogP contribution is 2.30. The van der Waals surface area contributed by atoms with Crippen molar-refractivity contribution in [1.82, 2.24) is 25.1 Å². The van der Waals surface area contributed by atoms with Crippen molar-refractivity contribution in [3.8, 4) is 0 Å². The lowest BCUT2D eigenvalue weighted by Crippen LogP contribution is -2.38. The molecule has 6 nitrogen and oxygen atoms in total. The van der Waals surface area contributed by atoms with Gasteiger partial charge in [-0.1, -0.05) is 6.07 Å². The molecule has 4 rings (SSSR count). The average Bonchev–Trinajstić information content (AvgIpc) is 3.05. The zero-order chi connectivity index (χ0) is 16.5. The van der Waals surface area contributed by atoms with Crippen molar-refractivity contribution >= 4 is 17.1 Å². The lowest BCUT2D eigenvalue weighted by atomic mass is 9.92. The minimum Gasteiger partial charge on any atom is -0.339 e. The Morgan fingerprint density at radius 3 is 2.79 bits per heavy atom. The molecular formula is C17H16FN5O. The van der Waals surface area contributed by atoms with Crippen LogP contribution in [-0.2, 0) is 0 Å². The highest BCUT2D eigenvalue weighted by molar-refractivity contribution is 5.94. The second-order valence-corrected chi connectivity index (χ2v) is 5.94. The molecule has 0 spiro atoms. The van der Waals surface area contributed by atoms with E-state index in [1.165, 1.54) is 12.1 Å². The highest BCUT2D eigenvalue weighted by Gasteiger charge is 2.27. The van der Waals surface area contributed by atoms with E-state index < -0.39 is 5.82 Å². The molecule has 1 aromatic carbocycles. The summed E-state index contributed by atoms with van der Waals surface area (Å²) in [5, 5.41) is 7.22. The van der Waals surface area contributed by atoms with E-state index >= 15 is 0 Å². The maximum atomic E-state index is 13.3. The van der Waals surface area contributed by atoms with Crippen LogP contribution >= 0.6 is 0 Å². The van der Waals surface area contributed by atoms with Crippen LogP contribution in [0.15, 0.2) is 36.7 Å². The number of aromatic amines is 1. The third-order valence-electron chi connectivity index (χ3n) is 4.48. The first kappa shape index (κ1) is 14.7. The molecule has 0 unspecified atom stereocenters. The van der Waals surface area contributed by atoms with Gasteiger partial charge in [-0.05, 0) is 31.0 Å². The number of nitrogens with zero attached hydrogens (tertiary/aromatic N) is 4. The molecule has 24 heavy (non-hydrogen) atoms. The topological polar surface area (TPSA) is 74.8 Å². The summed E-state index contributed by atoms with van der Waals surface area (Å²) < 4.78 is 13.3. The van der Waals surface area contributed by atoms with Crippen LogP contribution in [0.2, 0.25) is 0 Å². The minimum atomic E-state index is -0.391. The number of nitrogens with one attached hydrogen (secondary N) is 1. The summed E-state index contributed by atoms with van der Waals surface area (Å²) in [6.07, 6.45) is 4.90. The van der Waals surface area contributed by atoms with Crippen molar-refractivity contribution in [3.63, 3.8) is 0 Å². The third-order valence-corrected chi connectivity index (χ3v) is 4.48. The van der Waals surface area contributed by atoms with Gasteiger partial charge in [-0.15, -0.1) is 0 Å². The summed E-state index contributed by atoms with van der Waals surface area (Å²) in [6, 6.07) is 5.83. The van der Waals surface area contributed by atoms with Gasteiger partial charge in [0.25, 0.3) is 5.91 Å². The summed E-state index contributed by atoms with van der Waals surface area (Å²) in [5.41, 5.74) is 2.79. The normalized spacial score (nSPS) is 15.8. The number of likely N-dealkylation sites (tertiary alicyclic amines) is 1. The molecule has 1 aliphatic rings. The molecule has 2 aromatic heterocycles. The lowest BCUT2D eigenvalue weighted by Gasteiger charge is -2.31. The van der Waals surface area contributed by atoms with E-state index in [4.69, 9.17) is 0 Å². The van der Waals surface area contributed by atoms with Crippen molar-refractivity contribution in [2.24, 2.45) is 0 Å². The van der Waals surface area contributed by atoms with Crippen molar-refractivity contribution in [3.05, 3.63) is 53.7 Å². The Balaban J connectivity index is 1.48. The van der Waals surface area contributed by atoms with Crippen LogP contribution in [0, 0.1) is 5.82 Å². The molecule has 7 heteroatoms. The van der Waals surface area contributed by atoms with E-state index in [1.54, 1.807) is 29.4 Å². The van der Waals surface area contributed by atoms with E-state index in [-0.39, 0.29) is 11.8 Å². The van der Waals surface area contributed by atoms with Crippen LogP contribution in [0.3, 0.4) is 0 Å². The Morgan fingerprint density at radius 2 is 2.00 bits per heavy atom. The number of hydrogen-bond donors (Lipinski definition) is 1. The monoisotopic (exact) mass is 325 g/mol. The Bertz CT molecular complexity index is 885. The molecule has 1 N–H and O–H groups in total. The third kappa shape index (κ3) is 2.62. The van der Waals surface area contributed by atoms with E-state index in [0.717, 1.165) is 24.1 Å². The van der Waals surface area contributed by atoms with E-state index in [2.05, 4.69) is 20.2 Å². The van der Waals surface area contributed by atoms with Gasteiger partial charge in [0, 0.05) is 37.0 Å². The zero-order valence-electron chi connectivity index (χ0n) is 12.9. The number of fused-ring (bicyclic) bond motifs is 1. The van der Waals surface area contributed by atoms with Crippen LogP contribution in [0.1, 0.15) is 34.8 Å². The Morgan fingerprint density at radius 1 is 1.21 bits per heavy atom. The standard InChI is InChI=1S/C17H16FN5O/c18-13-3-1-2-12(10-13)17(24)23-8-4-11(5-9-23)14-15-16(22-21-14)20-7-6-19-15/h1-3,6-7,10-11H,4-5,8-9H2,(H,20,21,22). The number of halogens is 1. The van der Waals surface area contributed by atoms with Gasteiger partial charge in [0.05, 0.1) is 5.69 Å². The molecule has 1 aliphatic heterocycles. The van der Waals surface area contributed by atoms with Crippen LogP contribution in [-0.4, -0.2) is 44.1 Å². The average molecular weight is 325 g/mol. The van der Waals surface area contributed by atoms with E-state index in [0.29, 0.717) is 24.3 Å². The Labute approximate surface area is 137 Å². The van der Waals surface area contributed by atoms with Gasteiger partial charge in [-0.3, -0.25) is 9.89 Å². The van der Waals surface area contributed by atoms with Crippen LogP contribution in [0.5, 0.6) is 0 Å². The molecule has 3 aromatic rings. The molecule has 1 saturated heterocycles. The van der Waals surface area contributed by atoms with Crippen molar-refractivity contribution in [1.29, 1.82) is 0 Å². The fraction of sp³-hybridized carbons (Fsp3) is 0.294. The van der Waals surface area contributed by atoms with Crippen molar-refractivity contribution in [2.45, 2.75) is 18.8 Å². The number of rotatable bonds is 2. The van der Waals surface area contributed by atoms with Crippen LogP contribution in [0.25, 0.3) is 11.2 Å². The van der Waals surface area contributed by atoms with Crippen LogP contribution < -0.4 is 0 Å². The fourth-order valence-electron chi connectivity index (χ4n) is 3.23. The quantitative estimate of drug-likeness (QED) is 0.785. The summed E-state index contributed by atoms with van der Waals surface area (Å²) in [5.74, 6) is -0.247. The minimum absolute atomic E-state index is 0.123. The summed E-state index contributed by atoms with van der Waals surface area (Å²) in [6.45, 7) is 1.25. The molecule has 122 valence electrons. The first-order valence-corrected chi connectivity index (χ1v) is 7.92. The van der Waals surface area contributed by atoms with Crippen molar-refractivity contribution < 1.29 is 9.18 Å². The number of amides is 1. The maximum absolute atomic E-state index is 13.3. The molecule has 0 saturated carbocycles. The van der Waals surface area contributed by atoms with Crippen molar-refractivity contribution in [2.75, 3.05) is 13.1 Å². The molecular weight excluding hydrogens is 309 g/mol.